The van der Waals surface area contributed by atoms with Gasteiger partial charge in [0.15, 0.2) is 0 Å². The minimum absolute atomic E-state index is 0.517. The molecule has 7 heteroatoms. The topological polar surface area (TPSA) is 108 Å². The Hall–Kier alpha value is -0.890. The summed E-state index contributed by atoms with van der Waals surface area (Å²) in [6, 6.07) is -0.517. The van der Waals surface area contributed by atoms with Crippen molar-refractivity contribution in [3.8, 4) is 0 Å². The van der Waals surface area contributed by atoms with Crippen molar-refractivity contribution in [2.75, 3.05) is 6.54 Å². The lowest BCUT2D eigenvalue weighted by Gasteiger charge is -2.19. The SMILES string of the molecule is CCCN(NN)NC(=O)NN. The number of nitrogens with one attached hydrogen (secondary N) is 3. The summed E-state index contributed by atoms with van der Waals surface area (Å²) in [5.41, 5.74) is 6.51. The molecule has 0 atom stereocenters. The van der Waals surface area contributed by atoms with Gasteiger partial charge in [0.1, 0.15) is 0 Å². The Bertz CT molecular complexity index is 117. The van der Waals surface area contributed by atoms with Crippen LogP contribution in [-0.2, 0) is 0 Å². The molecule has 0 unspecified atom stereocenters. The first-order valence-electron chi connectivity index (χ1n) is 3.25. The molecule has 7 nitrogen and oxygen atoms in total. The summed E-state index contributed by atoms with van der Waals surface area (Å²) in [4.78, 5) is 10.6. The molecule has 0 heterocycles. The Labute approximate surface area is 65.0 Å². The molecule has 0 aromatic rings. The van der Waals surface area contributed by atoms with E-state index in [1.165, 1.54) is 5.12 Å². The van der Waals surface area contributed by atoms with E-state index < -0.39 is 6.03 Å². The van der Waals surface area contributed by atoms with E-state index in [0.717, 1.165) is 6.42 Å². The lowest BCUT2D eigenvalue weighted by atomic mass is 10.5. The summed E-state index contributed by atoms with van der Waals surface area (Å²) in [7, 11) is 0. The molecule has 0 bridgehead atoms. The predicted octanol–water partition coefficient (Wildman–Crippen LogP) is -1.84. The monoisotopic (exact) mass is 162 g/mol. The highest BCUT2D eigenvalue weighted by Gasteiger charge is 2.02. The van der Waals surface area contributed by atoms with Gasteiger partial charge in [-0.1, -0.05) is 6.92 Å². The van der Waals surface area contributed by atoms with Crippen LogP contribution in [0.15, 0.2) is 0 Å². The fourth-order valence-corrected chi connectivity index (χ4v) is 0.531. The van der Waals surface area contributed by atoms with Gasteiger partial charge in [0.05, 0.1) is 0 Å². The quantitative estimate of drug-likeness (QED) is 0.190. The molecule has 0 aliphatic heterocycles. The molecular weight excluding hydrogens is 148 g/mol. The average Bonchev–Trinajstić information content (AvgIpc) is 2.03. The average molecular weight is 162 g/mol. The second-order valence-corrected chi connectivity index (χ2v) is 1.87. The molecule has 0 aromatic heterocycles. The third kappa shape index (κ3) is 4.51. The van der Waals surface area contributed by atoms with Crippen molar-refractivity contribution in [2.24, 2.45) is 11.7 Å². The van der Waals surface area contributed by atoms with Crippen molar-refractivity contribution in [2.45, 2.75) is 13.3 Å². The van der Waals surface area contributed by atoms with Crippen LogP contribution in [-0.4, -0.2) is 17.7 Å². The number of hydrazine groups is 4. The normalized spacial score (nSPS) is 9.82. The molecule has 0 aliphatic rings. The van der Waals surface area contributed by atoms with E-state index in [0.29, 0.717) is 6.54 Å². The number of rotatable bonds is 4. The second kappa shape index (κ2) is 5.86. The highest BCUT2D eigenvalue weighted by atomic mass is 16.2. The first-order valence-corrected chi connectivity index (χ1v) is 3.25. The number of carbonyl (C=O) groups excluding carboxylic acids is 1. The van der Waals surface area contributed by atoms with Crippen LogP contribution in [0.3, 0.4) is 0 Å². The molecule has 7 N–H and O–H groups in total. The molecule has 66 valence electrons. The van der Waals surface area contributed by atoms with Crippen molar-refractivity contribution in [1.82, 2.24) is 21.5 Å². The van der Waals surface area contributed by atoms with Crippen LogP contribution in [0.4, 0.5) is 4.79 Å². The van der Waals surface area contributed by atoms with Gasteiger partial charge in [-0.15, -0.1) is 5.12 Å². The minimum Gasteiger partial charge on any atom is -0.275 e. The molecule has 0 fully saturated rings. The largest absolute Gasteiger partial charge is 0.344 e. The maximum atomic E-state index is 10.6. The van der Waals surface area contributed by atoms with E-state index in [-0.39, 0.29) is 0 Å². The summed E-state index contributed by atoms with van der Waals surface area (Å²) in [6.07, 6.45) is 0.856. The summed E-state index contributed by atoms with van der Waals surface area (Å²) in [6.45, 7) is 2.55. The molecule has 0 aliphatic carbocycles. The van der Waals surface area contributed by atoms with Crippen LogP contribution in [0.25, 0.3) is 0 Å². The van der Waals surface area contributed by atoms with Gasteiger partial charge in [0.2, 0.25) is 0 Å². The van der Waals surface area contributed by atoms with Gasteiger partial charge in [-0.2, -0.15) is 5.53 Å². The molecular formula is C4H14N6O. The van der Waals surface area contributed by atoms with Crippen molar-refractivity contribution in [1.29, 1.82) is 0 Å². The maximum Gasteiger partial charge on any atom is 0.344 e. The molecule has 0 radical (unpaired) electrons. The number of hydrogen-bond donors (Lipinski definition) is 5. The van der Waals surface area contributed by atoms with Gasteiger partial charge in [0, 0.05) is 6.54 Å². The van der Waals surface area contributed by atoms with Crippen molar-refractivity contribution in [3.63, 3.8) is 0 Å². The molecule has 0 saturated heterocycles. The second-order valence-electron chi connectivity index (χ2n) is 1.87. The third-order valence-corrected chi connectivity index (χ3v) is 0.971. The smallest absolute Gasteiger partial charge is 0.275 e. The van der Waals surface area contributed by atoms with Crippen LogP contribution in [0.1, 0.15) is 13.3 Å². The Morgan fingerprint density at radius 3 is 2.55 bits per heavy atom. The fraction of sp³-hybridized carbons (Fsp3) is 0.750. The maximum absolute atomic E-state index is 10.6. The van der Waals surface area contributed by atoms with Crippen molar-refractivity contribution >= 4 is 6.03 Å². The number of hydrogen-bond acceptors (Lipinski definition) is 5. The van der Waals surface area contributed by atoms with E-state index >= 15 is 0 Å². The van der Waals surface area contributed by atoms with Gasteiger partial charge >= 0.3 is 6.03 Å². The van der Waals surface area contributed by atoms with Gasteiger partial charge in [-0.05, 0) is 6.42 Å². The lowest BCUT2D eigenvalue weighted by molar-refractivity contribution is 0.123. The number of nitrogens with zero attached hydrogens (tertiary/aromatic N) is 1. The van der Waals surface area contributed by atoms with Crippen LogP contribution >= 0.6 is 0 Å². The summed E-state index contributed by atoms with van der Waals surface area (Å²) in [5.74, 6) is 9.87. The van der Waals surface area contributed by atoms with E-state index in [1.807, 2.05) is 12.3 Å². The van der Waals surface area contributed by atoms with Gasteiger partial charge in [0.25, 0.3) is 0 Å². The van der Waals surface area contributed by atoms with Gasteiger partial charge in [-0.25, -0.2) is 10.6 Å². The number of carbonyl (C=O) groups is 1. The predicted molar refractivity (Wildman–Crippen MR) is 40.2 cm³/mol. The molecule has 11 heavy (non-hydrogen) atoms. The summed E-state index contributed by atoms with van der Waals surface area (Å²) >= 11 is 0. The number of urea groups is 1. The minimum atomic E-state index is -0.517. The third-order valence-electron chi connectivity index (χ3n) is 0.971. The Balaban J connectivity index is 3.58. The molecule has 0 rings (SSSR count). The molecule has 0 spiro atoms. The van der Waals surface area contributed by atoms with Crippen molar-refractivity contribution < 1.29 is 4.79 Å². The van der Waals surface area contributed by atoms with Gasteiger partial charge in [-0.3, -0.25) is 16.7 Å². The molecule has 2 amide bonds. The molecule has 0 aromatic carbocycles. The standard InChI is InChI=1S/C4H14N6O/c1-2-3-10(9-6)8-4(11)7-5/h9H,2-3,5-6H2,1H3,(H2,7,8,11). The fourth-order valence-electron chi connectivity index (χ4n) is 0.531. The number of amides is 2. The van der Waals surface area contributed by atoms with Crippen LogP contribution in [0.5, 0.6) is 0 Å². The highest BCUT2D eigenvalue weighted by Crippen LogP contribution is 1.78. The van der Waals surface area contributed by atoms with E-state index in [2.05, 4.69) is 11.0 Å². The zero-order valence-electron chi connectivity index (χ0n) is 6.42. The summed E-state index contributed by atoms with van der Waals surface area (Å²) in [5, 5.41) is 1.32. The Morgan fingerprint density at radius 1 is 1.55 bits per heavy atom. The van der Waals surface area contributed by atoms with Gasteiger partial charge < -0.3 is 0 Å². The first-order chi connectivity index (χ1) is 5.24. The lowest BCUT2D eigenvalue weighted by Crippen LogP contribution is -2.57. The summed E-state index contributed by atoms with van der Waals surface area (Å²) < 4.78 is 0. The van der Waals surface area contributed by atoms with E-state index in [9.17, 15) is 4.79 Å². The van der Waals surface area contributed by atoms with Crippen molar-refractivity contribution in [3.05, 3.63) is 0 Å². The van der Waals surface area contributed by atoms with E-state index in [1.54, 1.807) is 0 Å². The van der Waals surface area contributed by atoms with Crippen LogP contribution < -0.4 is 28.1 Å². The Morgan fingerprint density at radius 2 is 2.18 bits per heavy atom. The molecule has 0 saturated carbocycles. The van der Waals surface area contributed by atoms with E-state index in [4.69, 9.17) is 11.7 Å². The highest BCUT2D eigenvalue weighted by molar-refractivity contribution is 5.72. The number of nitrogens with two attached hydrogens (primary N) is 2. The van der Waals surface area contributed by atoms with Crippen LogP contribution in [0, 0.1) is 0 Å². The zero-order valence-corrected chi connectivity index (χ0v) is 6.42. The first kappa shape index (κ1) is 10.1. The Kier molecular flexibility index (Phi) is 5.39. The zero-order chi connectivity index (χ0) is 8.69. The van der Waals surface area contributed by atoms with Crippen LogP contribution in [0.2, 0.25) is 0 Å².